The van der Waals surface area contributed by atoms with E-state index in [2.05, 4.69) is 62.1 Å². The third-order valence-electron chi connectivity index (χ3n) is 3.60. The molecule has 2 aromatic rings. The van der Waals surface area contributed by atoms with Gasteiger partial charge in [0.15, 0.2) is 0 Å². The van der Waals surface area contributed by atoms with Gasteiger partial charge < -0.3 is 4.74 Å². The van der Waals surface area contributed by atoms with Crippen LogP contribution < -0.4 is 4.74 Å². The van der Waals surface area contributed by atoms with Crippen molar-refractivity contribution in [3.05, 3.63) is 90.0 Å². The van der Waals surface area contributed by atoms with Crippen LogP contribution in [0.1, 0.15) is 16.7 Å². The molecule has 104 valence electrons. The molecule has 0 aliphatic carbocycles. The molecule has 1 aliphatic heterocycles. The van der Waals surface area contributed by atoms with Gasteiger partial charge in [-0.2, -0.15) is 0 Å². The second-order valence-corrected chi connectivity index (χ2v) is 5.19. The van der Waals surface area contributed by atoms with Gasteiger partial charge >= 0.3 is 0 Å². The van der Waals surface area contributed by atoms with Gasteiger partial charge in [-0.3, -0.25) is 0 Å². The molecule has 0 amide bonds. The van der Waals surface area contributed by atoms with Gasteiger partial charge in [-0.15, -0.1) is 0 Å². The summed E-state index contributed by atoms with van der Waals surface area (Å²) in [4.78, 5) is 0. The number of rotatable bonds is 1. The number of hydrogen-bond acceptors (Lipinski definition) is 1. The minimum absolute atomic E-state index is 0.554. The predicted octanol–water partition coefficient (Wildman–Crippen LogP) is 5.04. The molecule has 0 radical (unpaired) electrons. The van der Waals surface area contributed by atoms with E-state index in [9.17, 15) is 0 Å². The molecule has 0 fully saturated rings. The molecule has 1 heterocycles. The molecule has 0 spiro atoms. The molecule has 0 saturated carbocycles. The Morgan fingerprint density at radius 3 is 2.62 bits per heavy atom. The number of fused-ring (bicyclic) bond motifs is 1. The van der Waals surface area contributed by atoms with E-state index in [1.807, 2.05) is 18.2 Å². The van der Waals surface area contributed by atoms with Gasteiger partial charge in [0.05, 0.1) is 0 Å². The monoisotopic (exact) mass is 274 g/mol. The van der Waals surface area contributed by atoms with Gasteiger partial charge in [-0.25, -0.2) is 0 Å². The van der Waals surface area contributed by atoms with E-state index in [1.54, 1.807) is 0 Å². The fourth-order valence-electron chi connectivity index (χ4n) is 2.43. The van der Waals surface area contributed by atoms with Crippen molar-refractivity contribution < 1.29 is 4.74 Å². The Morgan fingerprint density at radius 1 is 1.00 bits per heavy atom. The predicted molar refractivity (Wildman–Crippen MR) is 89.3 cm³/mol. The fraction of sp³-hybridized carbons (Fsp3) is 0.100. The smallest absolute Gasteiger partial charge is 0.127 e. The first-order chi connectivity index (χ1) is 10.2. The average molecular weight is 274 g/mol. The lowest BCUT2D eigenvalue weighted by molar-refractivity contribution is 0.362. The summed E-state index contributed by atoms with van der Waals surface area (Å²) < 4.78 is 5.93. The zero-order valence-corrected chi connectivity index (χ0v) is 12.2. The summed E-state index contributed by atoms with van der Waals surface area (Å²) in [6, 6.07) is 16.6. The maximum atomic E-state index is 5.93. The molecule has 1 nitrogen and oxygen atoms in total. The maximum Gasteiger partial charge on any atom is 0.127 e. The van der Waals surface area contributed by atoms with Crippen molar-refractivity contribution in [2.24, 2.45) is 0 Å². The van der Waals surface area contributed by atoms with Crippen molar-refractivity contribution >= 4 is 11.1 Å². The fourth-order valence-corrected chi connectivity index (χ4v) is 2.43. The van der Waals surface area contributed by atoms with Crippen molar-refractivity contribution in [1.29, 1.82) is 0 Å². The van der Waals surface area contributed by atoms with Crippen LogP contribution in [0.2, 0.25) is 0 Å². The number of hydrogen-bond donors (Lipinski definition) is 0. The van der Waals surface area contributed by atoms with Gasteiger partial charge in [-0.1, -0.05) is 61.2 Å². The molecule has 0 atom stereocenters. The minimum atomic E-state index is 0.554. The maximum absolute atomic E-state index is 5.93. The lowest BCUT2D eigenvalue weighted by Crippen LogP contribution is -1.97. The quantitative estimate of drug-likeness (QED) is 0.708. The largest absolute Gasteiger partial charge is 0.489 e. The number of allylic oxidation sites excluding steroid dienone is 4. The SMILES string of the molecule is C=C1/C=C\C(c2ccccc2)=C/COc2cc(C)ccc21. The second-order valence-electron chi connectivity index (χ2n) is 5.19. The van der Waals surface area contributed by atoms with E-state index in [-0.39, 0.29) is 0 Å². The minimum Gasteiger partial charge on any atom is -0.489 e. The van der Waals surface area contributed by atoms with Crippen LogP contribution in [0.4, 0.5) is 0 Å². The first kappa shape index (κ1) is 13.4. The van der Waals surface area contributed by atoms with Crippen molar-refractivity contribution in [2.75, 3.05) is 6.61 Å². The van der Waals surface area contributed by atoms with Gasteiger partial charge in [0.1, 0.15) is 12.4 Å². The standard InChI is InChI=1S/C20H18O/c1-15-8-11-19-16(2)9-10-18(12-13-21-20(19)14-15)17-6-4-3-5-7-17/h3-12,14H,2,13H2,1H3/b10-9-,18-12+. The third-order valence-corrected chi connectivity index (χ3v) is 3.60. The highest BCUT2D eigenvalue weighted by Crippen LogP contribution is 2.29. The van der Waals surface area contributed by atoms with Gasteiger partial charge in [0.25, 0.3) is 0 Å². The van der Waals surface area contributed by atoms with E-state index in [1.165, 1.54) is 11.1 Å². The van der Waals surface area contributed by atoms with Gasteiger partial charge in [0, 0.05) is 5.56 Å². The summed E-state index contributed by atoms with van der Waals surface area (Å²) in [5.74, 6) is 0.898. The molecular weight excluding hydrogens is 256 g/mol. The molecule has 1 heteroatoms. The van der Waals surface area contributed by atoms with Crippen LogP contribution in [0.25, 0.3) is 11.1 Å². The van der Waals surface area contributed by atoms with Crippen molar-refractivity contribution in [1.82, 2.24) is 0 Å². The molecule has 0 aromatic heterocycles. The Morgan fingerprint density at radius 2 is 1.81 bits per heavy atom. The van der Waals surface area contributed by atoms with Crippen LogP contribution in [0.5, 0.6) is 5.75 Å². The van der Waals surface area contributed by atoms with Crippen LogP contribution in [0.3, 0.4) is 0 Å². The Labute approximate surface area is 125 Å². The normalized spacial score (nSPS) is 18.3. The molecule has 0 N–H and O–H groups in total. The number of ether oxygens (including phenoxy) is 1. The van der Waals surface area contributed by atoms with Gasteiger partial charge in [-0.05, 0) is 41.3 Å². The summed E-state index contributed by atoms with van der Waals surface area (Å²) >= 11 is 0. The summed E-state index contributed by atoms with van der Waals surface area (Å²) in [5.41, 5.74) is 5.55. The van der Waals surface area contributed by atoms with E-state index in [0.29, 0.717) is 6.61 Å². The molecular formula is C20H18O. The average Bonchev–Trinajstić information content (AvgIpc) is 2.58. The van der Waals surface area contributed by atoms with Crippen molar-refractivity contribution in [3.8, 4) is 5.75 Å². The molecule has 0 unspecified atom stereocenters. The van der Waals surface area contributed by atoms with Crippen molar-refractivity contribution in [2.45, 2.75) is 6.92 Å². The number of benzene rings is 2. The van der Waals surface area contributed by atoms with E-state index < -0.39 is 0 Å². The Bertz CT molecular complexity index is 721. The first-order valence-corrected chi connectivity index (χ1v) is 7.10. The van der Waals surface area contributed by atoms with Crippen LogP contribution in [0.15, 0.2) is 73.3 Å². The van der Waals surface area contributed by atoms with E-state index in [4.69, 9.17) is 4.74 Å². The second kappa shape index (κ2) is 5.84. The van der Waals surface area contributed by atoms with Crippen LogP contribution in [-0.4, -0.2) is 6.61 Å². The molecule has 3 rings (SSSR count). The molecule has 0 saturated heterocycles. The van der Waals surface area contributed by atoms with Crippen molar-refractivity contribution in [3.63, 3.8) is 0 Å². The summed E-state index contributed by atoms with van der Waals surface area (Å²) in [6.07, 6.45) is 6.27. The lowest BCUT2D eigenvalue weighted by atomic mass is 10.0. The summed E-state index contributed by atoms with van der Waals surface area (Å²) in [5, 5.41) is 0. The highest BCUT2D eigenvalue weighted by Gasteiger charge is 2.08. The zero-order valence-electron chi connectivity index (χ0n) is 12.2. The first-order valence-electron chi connectivity index (χ1n) is 7.10. The Kier molecular flexibility index (Phi) is 3.74. The third kappa shape index (κ3) is 2.97. The van der Waals surface area contributed by atoms with Gasteiger partial charge in [0.2, 0.25) is 0 Å². The Balaban J connectivity index is 1.99. The van der Waals surface area contributed by atoms with Crippen LogP contribution in [0, 0.1) is 6.92 Å². The van der Waals surface area contributed by atoms with E-state index >= 15 is 0 Å². The number of aryl methyl sites for hydroxylation is 1. The zero-order chi connectivity index (χ0) is 14.7. The topological polar surface area (TPSA) is 9.23 Å². The lowest BCUT2D eigenvalue weighted by Gasteiger charge is -2.10. The summed E-state index contributed by atoms with van der Waals surface area (Å²) in [6.45, 7) is 6.79. The summed E-state index contributed by atoms with van der Waals surface area (Å²) in [7, 11) is 0. The highest BCUT2D eigenvalue weighted by molar-refractivity contribution is 5.82. The van der Waals surface area contributed by atoms with Crippen LogP contribution >= 0.6 is 0 Å². The van der Waals surface area contributed by atoms with E-state index in [0.717, 1.165) is 22.5 Å². The molecule has 0 bridgehead atoms. The molecule has 21 heavy (non-hydrogen) atoms. The molecule has 2 aromatic carbocycles. The van der Waals surface area contributed by atoms with Crippen LogP contribution in [-0.2, 0) is 0 Å². The Hall–Kier alpha value is -2.54. The molecule has 1 aliphatic rings. The highest BCUT2D eigenvalue weighted by atomic mass is 16.5.